The average Bonchev–Trinajstić information content (AvgIpc) is 3.46. The van der Waals surface area contributed by atoms with Crippen LogP contribution >= 0.6 is 23.2 Å². The lowest BCUT2D eigenvalue weighted by atomic mass is 9.95. The lowest BCUT2D eigenvalue weighted by molar-refractivity contribution is 0.0945. The largest absolute Gasteiger partial charge is 0.380 e. The maximum absolute atomic E-state index is 6.19. The highest BCUT2D eigenvalue weighted by molar-refractivity contribution is 6.30. The molecular weight excluding hydrogens is 327 g/mol. The normalized spacial score (nSPS) is 20.3. The minimum atomic E-state index is 0.223. The summed E-state index contributed by atoms with van der Waals surface area (Å²) in [7, 11) is 0. The van der Waals surface area contributed by atoms with E-state index < -0.39 is 0 Å². The van der Waals surface area contributed by atoms with Crippen LogP contribution < -0.4 is 0 Å². The molecule has 0 spiro atoms. The van der Waals surface area contributed by atoms with Crippen molar-refractivity contribution in [3.8, 4) is 0 Å². The second-order valence-electron chi connectivity index (χ2n) is 7.07. The van der Waals surface area contributed by atoms with Crippen LogP contribution in [0.25, 0.3) is 0 Å². The molecule has 2 saturated carbocycles. The third-order valence-electron chi connectivity index (χ3n) is 5.38. The predicted molar refractivity (Wildman–Crippen MR) is 95.5 cm³/mol. The molecule has 1 nitrogen and oxygen atoms in total. The fourth-order valence-corrected chi connectivity index (χ4v) is 3.64. The zero-order valence-electron chi connectivity index (χ0n) is 13.0. The van der Waals surface area contributed by atoms with Gasteiger partial charge in [-0.15, -0.1) is 0 Å². The highest BCUT2D eigenvalue weighted by Crippen LogP contribution is 2.51. The SMILES string of the molecule is Clc1ccc(C2(COCC3(c4ccc(Cl)cc4)CC3)CC2)cc1. The van der Waals surface area contributed by atoms with E-state index in [0.29, 0.717) is 0 Å². The van der Waals surface area contributed by atoms with Gasteiger partial charge in [-0.1, -0.05) is 47.5 Å². The number of rotatable bonds is 6. The first-order valence-corrected chi connectivity index (χ1v) is 8.98. The van der Waals surface area contributed by atoms with Crippen LogP contribution in [-0.4, -0.2) is 13.2 Å². The van der Waals surface area contributed by atoms with Gasteiger partial charge in [0.1, 0.15) is 0 Å². The van der Waals surface area contributed by atoms with Crippen LogP contribution in [0.1, 0.15) is 36.8 Å². The Bertz CT molecular complexity index is 621. The van der Waals surface area contributed by atoms with Crippen molar-refractivity contribution in [2.75, 3.05) is 13.2 Å². The zero-order chi connectivity index (χ0) is 15.9. The Hall–Kier alpha value is -1.02. The van der Waals surface area contributed by atoms with Gasteiger partial charge in [0.25, 0.3) is 0 Å². The molecule has 120 valence electrons. The summed E-state index contributed by atoms with van der Waals surface area (Å²) in [5.41, 5.74) is 3.16. The molecule has 0 unspecified atom stereocenters. The lowest BCUT2D eigenvalue weighted by Crippen LogP contribution is -2.21. The summed E-state index contributed by atoms with van der Waals surface area (Å²) in [6.45, 7) is 1.62. The van der Waals surface area contributed by atoms with E-state index in [1.54, 1.807) is 0 Å². The highest BCUT2D eigenvalue weighted by Gasteiger charge is 2.47. The number of ether oxygens (including phenoxy) is 1. The van der Waals surface area contributed by atoms with E-state index in [1.165, 1.54) is 36.8 Å². The number of hydrogen-bond acceptors (Lipinski definition) is 1. The molecule has 23 heavy (non-hydrogen) atoms. The van der Waals surface area contributed by atoms with Gasteiger partial charge in [0.2, 0.25) is 0 Å². The van der Waals surface area contributed by atoms with Gasteiger partial charge in [0.05, 0.1) is 13.2 Å². The molecule has 0 aliphatic heterocycles. The molecule has 2 aliphatic carbocycles. The zero-order valence-corrected chi connectivity index (χ0v) is 14.5. The Morgan fingerprint density at radius 3 is 1.30 bits per heavy atom. The summed E-state index contributed by atoms with van der Waals surface area (Å²) in [5.74, 6) is 0. The molecule has 0 saturated heterocycles. The maximum atomic E-state index is 6.19. The van der Waals surface area contributed by atoms with Crippen LogP contribution in [0.2, 0.25) is 10.0 Å². The van der Waals surface area contributed by atoms with Gasteiger partial charge >= 0.3 is 0 Å². The molecule has 0 radical (unpaired) electrons. The molecule has 0 bridgehead atoms. The first-order chi connectivity index (χ1) is 11.1. The minimum absolute atomic E-state index is 0.223. The van der Waals surface area contributed by atoms with E-state index in [4.69, 9.17) is 27.9 Å². The Labute approximate surface area is 147 Å². The fourth-order valence-electron chi connectivity index (χ4n) is 3.38. The second kappa shape index (κ2) is 5.81. The van der Waals surface area contributed by atoms with Gasteiger partial charge in [0.15, 0.2) is 0 Å². The summed E-state index contributed by atoms with van der Waals surface area (Å²) in [6.07, 6.45) is 4.84. The van der Waals surface area contributed by atoms with Crippen LogP contribution in [0.3, 0.4) is 0 Å². The number of halogens is 2. The van der Waals surface area contributed by atoms with Crippen LogP contribution in [0.4, 0.5) is 0 Å². The van der Waals surface area contributed by atoms with Crippen molar-refractivity contribution in [1.29, 1.82) is 0 Å². The third kappa shape index (κ3) is 3.15. The monoisotopic (exact) mass is 346 g/mol. The third-order valence-corrected chi connectivity index (χ3v) is 5.88. The molecule has 0 heterocycles. The van der Waals surface area contributed by atoms with Crippen molar-refractivity contribution < 1.29 is 4.74 Å². The van der Waals surface area contributed by atoms with Gasteiger partial charge in [-0.2, -0.15) is 0 Å². The summed E-state index contributed by atoms with van der Waals surface area (Å²) >= 11 is 12.0. The fraction of sp³-hybridized carbons (Fsp3) is 0.400. The second-order valence-corrected chi connectivity index (χ2v) is 7.94. The molecular formula is C20H20Cl2O. The lowest BCUT2D eigenvalue weighted by Gasteiger charge is -2.20. The molecule has 0 atom stereocenters. The van der Waals surface area contributed by atoms with Gasteiger partial charge in [-0.25, -0.2) is 0 Å². The Morgan fingerprint density at radius 1 is 0.652 bits per heavy atom. The van der Waals surface area contributed by atoms with E-state index in [1.807, 2.05) is 24.3 Å². The van der Waals surface area contributed by atoms with E-state index in [-0.39, 0.29) is 10.8 Å². The number of benzene rings is 2. The minimum Gasteiger partial charge on any atom is -0.380 e. The summed E-state index contributed by atoms with van der Waals surface area (Å²) in [4.78, 5) is 0. The van der Waals surface area contributed by atoms with Crippen LogP contribution in [0, 0.1) is 0 Å². The molecule has 0 N–H and O–H groups in total. The van der Waals surface area contributed by atoms with Crippen LogP contribution in [0.15, 0.2) is 48.5 Å². The Balaban J connectivity index is 1.38. The molecule has 0 aromatic heterocycles. The van der Waals surface area contributed by atoms with E-state index in [2.05, 4.69) is 24.3 Å². The summed E-state index contributed by atoms with van der Waals surface area (Å²) < 4.78 is 6.19. The Kier molecular flexibility index (Phi) is 3.91. The van der Waals surface area contributed by atoms with Crippen molar-refractivity contribution in [3.05, 3.63) is 69.7 Å². The molecule has 2 fully saturated rings. The molecule has 3 heteroatoms. The van der Waals surface area contributed by atoms with E-state index in [0.717, 1.165) is 23.3 Å². The molecule has 2 aliphatic rings. The summed E-state index contributed by atoms with van der Waals surface area (Å²) in [5, 5.41) is 1.59. The van der Waals surface area contributed by atoms with Crippen molar-refractivity contribution in [1.82, 2.24) is 0 Å². The van der Waals surface area contributed by atoms with Gasteiger partial charge in [0, 0.05) is 20.9 Å². The molecule has 2 aromatic rings. The van der Waals surface area contributed by atoms with Crippen molar-refractivity contribution >= 4 is 23.2 Å². The van der Waals surface area contributed by atoms with Gasteiger partial charge < -0.3 is 4.74 Å². The standard InChI is InChI=1S/C20H20Cl2O/c21-17-5-1-15(2-6-17)19(9-10-19)13-23-14-20(11-12-20)16-3-7-18(22)8-4-16/h1-8H,9-14H2. The van der Waals surface area contributed by atoms with E-state index in [9.17, 15) is 0 Å². The topological polar surface area (TPSA) is 9.23 Å². The molecule has 4 rings (SSSR count). The maximum Gasteiger partial charge on any atom is 0.0563 e. The number of hydrogen-bond donors (Lipinski definition) is 0. The first-order valence-electron chi connectivity index (χ1n) is 8.22. The Morgan fingerprint density at radius 2 is 1.00 bits per heavy atom. The van der Waals surface area contributed by atoms with Crippen LogP contribution in [0.5, 0.6) is 0 Å². The van der Waals surface area contributed by atoms with Gasteiger partial charge in [-0.3, -0.25) is 0 Å². The van der Waals surface area contributed by atoms with Crippen LogP contribution in [-0.2, 0) is 15.6 Å². The quantitative estimate of drug-likeness (QED) is 0.644. The molecule has 0 amide bonds. The van der Waals surface area contributed by atoms with E-state index >= 15 is 0 Å². The smallest absolute Gasteiger partial charge is 0.0563 e. The average molecular weight is 347 g/mol. The highest BCUT2D eigenvalue weighted by atomic mass is 35.5. The predicted octanol–water partition coefficient (Wildman–Crippen LogP) is 5.77. The summed E-state index contributed by atoms with van der Waals surface area (Å²) in [6, 6.07) is 16.5. The van der Waals surface area contributed by atoms with Crippen molar-refractivity contribution in [2.45, 2.75) is 36.5 Å². The molecule has 2 aromatic carbocycles. The van der Waals surface area contributed by atoms with Crippen molar-refractivity contribution in [3.63, 3.8) is 0 Å². The first kappa shape index (κ1) is 15.5. The van der Waals surface area contributed by atoms with Gasteiger partial charge in [-0.05, 0) is 61.1 Å². The van der Waals surface area contributed by atoms with Crippen molar-refractivity contribution in [2.24, 2.45) is 0 Å².